The highest BCUT2D eigenvalue weighted by atomic mass is 32.2. The van der Waals surface area contributed by atoms with Crippen molar-refractivity contribution in [3.8, 4) is 5.69 Å². The average Bonchev–Trinajstić information content (AvgIpc) is 2.98. The molecule has 1 aliphatic heterocycles. The van der Waals surface area contributed by atoms with Crippen molar-refractivity contribution in [2.45, 2.75) is 19.4 Å². The van der Waals surface area contributed by atoms with E-state index in [1.54, 1.807) is 4.68 Å². The molecule has 1 fully saturated rings. The van der Waals surface area contributed by atoms with E-state index in [9.17, 15) is 0 Å². The summed E-state index contributed by atoms with van der Waals surface area (Å²) in [6, 6.07) is 10.0. The van der Waals surface area contributed by atoms with Crippen LogP contribution in [0.15, 0.2) is 30.3 Å². The number of thioether (sulfide) groups is 1. The Morgan fingerprint density at radius 3 is 2.80 bits per heavy atom. The summed E-state index contributed by atoms with van der Waals surface area (Å²) in [5.74, 6) is 4.26. The standard InChI is InChI=1S/C14H19N5S/c1-2-4-13(5-3-1)19-14(16-17-18-19)11-15-10-12-6-8-20-9-7-12/h1-5,12,15H,6-11H2. The highest BCUT2D eigenvalue weighted by Crippen LogP contribution is 2.21. The van der Waals surface area contributed by atoms with Crippen molar-refractivity contribution >= 4 is 11.8 Å². The summed E-state index contributed by atoms with van der Waals surface area (Å²) in [5, 5.41) is 15.5. The van der Waals surface area contributed by atoms with E-state index in [1.165, 1.54) is 24.3 Å². The maximum absolute atomic E-state index is 4.11. The fraction of sp³-hybridized carbons (Fsp3) is 0.500. The SMILES string of the molecule is c1ccc(-n2nnnc2CNCC2CCSCC2)cc1. The van der Waals surface area contributed by atoms with Crippen molar-refractivity contribution in [3.05, 3.63) is 36.2 Å². The van der Waals surface area contributed by atoms with E-state index in [0.29, 0.717) is 6.54 Å². The first kappa shape index (κ1) is 13.6. The van der Waals surface area contributed by atoms with Crippen LogP contribution in [-0.4, -0.2) is 38.3 Å². The molecule has 1 N–H and O–H groups in total. The average molecular weight is 289 g/mol. The summed E-state index contributed by atoms with van der Waals surface area (Å²) >= 11 is 2.07. The molecule has 5 nitrogen and oxygen atoms in total. The number of hydrogen-bond donors (Lipinski definition) is 1. The second-order valence-corrected chi connectivity index (χ2v) is 6.25. The first-order valence-electron chi connectivity index (χ1n) is 7.04. The summed E-state index contributed by atoms with van der Waals surface area (Å²) in [4.78, 5) is 0. The highest BCUT2D eigenvalue weighted by Gasteiger charge is 2.14. The van der Waals surface area contributed by atoms with Gasteiger partial charge in [0.2, 0.25) is 0 Å². The Kier molecular flexibility index (Phi) is 4.65. The van der Waals surface area contributed by atoms with E-state index in [-0.39, 0.29) is 0 Å². The molecule has 3 rings (SSSR count). The number of hydrogen-bond acceptors (Lipinski definition) is 5. The van der Waals surface area contributed by atoms with E-state index >= 15 is 0 Å². The van der Waals surface area contributed by atoms with Gasteiger partial charge < -0.3 is 5.32 Å². The lowest BCUT2D eigenvalue weighted by atomic mass is 10.0. The second-order valence-electron chi connectivity index (χ2n) is 5.03. The number of rotatable bonds is 5. The van der Waals surface area contributed by atoms with Gasteiger partial charge >= 0.3 is 0 Å². The van der Waals surface area contributed by atoms with Gasteiger partial charge in [-0.25, -0.2) is 0 Å². The van der Waals surface area contributed by atoms with Crippen LogP contribution in [0.25, 0.3) is 5.69 Å². The van der Waals surface area contributed by atoms with E-state index in [4.69, 9.17) is 0 Å². The topological polar surface area (TPSA) is 55.6 Å². The molecular weight excluding hydrogens is 270 g/mol. The quantitative estimate of drug-likeness (QED) is 0.911. The molecule has 0 atom stereocenters. The van der Waals surface area contributed by atoms with Gasteiger partial charge in [0.05, 0.1) is 12.2 Å². The Bertz CT molecular complexity index is 521. The molecule has 0 bridgehead atoms. The van der Waals surface area contributed by atoms with Gasteiger partial charge in [-0.15, -0.1) is 5.10 Å². The lowest BCUT2D eigenvalue weighted by Crippen LogP contribution is -2.26. The molecule has 0 aliphatic carbocycles. The monoisotopic (exact) mass is 289 g/mol. The summed E-state index contributed by atoms with van der Waals surface area (Å²) in [6.07, 6.45) is 2.64. The minimum atomic E-state index is 0.714. The zero-order valence-corrected chi connectivity index (χ0v) is 12.2. The van der Waals surface area contributed by atoms with Gasteiger partial charge in [0.25, 0.3) is 0 Å². The van der Waals surface area contributed by atoms with Crippen LogP contribution in [0.3, 0.4) is 0 Å². The molecular formula is C14H19N5S. The van der Waals surface area contributed by atoms with Crippen LogP contribution in [-0.2, 0) is 6.54 Å². The zero-order valence-electron chi connectivity index (χ0n) is 11.4. The van der Waals surface area contributed by atoms with E-state index in [0.717, 1.165) is 24.0 Å². The molecule has 1 aromatic carbocycles. The largest absolute Gasteiger partial charge is 0.309 e. The smallest absolute Gasteiger partial charge is 0.170 e. The molecule has 1 aliphatic rings. The zero-order chi connectivity index (χ0) is 13.6. The van der Waals surface area contributed by atoms with Crippen LogP contribution in [0.4, 0.5) is 0 Å². The Morgan fingerprint density at radius 1 is 1.20 bits per heavy atom. The third kappa shape index (κ3) is 3.37. The molecule has 106 valence electrons. The fourth-order valence-corrected chi connectivity index (χ4v) is 3.63. The number of para-hydroxylation sites is 1. The molecule has 0 saturated carbocycles. The predicted molar refractivity (Wildman–Crippen MR) is 80.9 cm³/mol. The number of nitrogens with one attached hydrogen (secondary N) is 1. The van der Waals surface area contributed by atoms with E-state index in [1.807, 2.05) is 30.3 Å². The first-order chi connectivity index (χ1) is 9.93. The Labute approximate surface area is 123 Å². The molecule has 0 spiro atoms. The molecule has 0 unspecified atom stereocenters. The molecule has 2 heterocycles. The van der Waals surface area contributed by atoms with Gasteiger partial charge in [0.15, 0.2) is 5.82 Å². The van der Waals surface area contributed by atoms with Crippen LogP contribution < -0.4 is 5.32 Å². The molecule has 0 amide bonds. The van der Waals surface area contributed by atoms with Crippen LogP contribution in [0, 0.1) is 5.92 Å². The van der Waals surface area contributed by atoms with Crippen LogP contribution in [0.1, 0.15) is 18.7 Å². The van der Waals surface area contributed by atoms with Crippen molar-refractivity contribution in [1.82, 2.24) is 25.5 Å². The Balaban J connectivity index is 1.57. The van der Waals surface area contributed by atoms with E-state index in [2.05, 4.69) is 32.6 Å². The minimum Gasteiger partial charge on any atom is -0.309 e. The van der Waals surface area contributed by atoms with Gasteiger partial charge in [-0.05, 0) is 59.4 Å². The maximum atomic E-state index is 4.11. The minimum absolute atomic E-state index is 0.714. The summed E-state index contributed by atoms with van der Waals surface area (Å²) in [6.45, 7) is 1.77. The van der Waals surface area contributed by atoms with E-state index < -0.39 is 0 Å². The van der Waals surface area contributed by atoms with Gasteiger partial charge in [-0.1, -0.05) is 18.2 Å². The fourth-order valence-electron chi connectivity index (χ4n) is 2.42. The van der Waals surface area contributed by atoms with Gasteiger partial charge in [0.1, 0.15) is 0 Å². The Morgan fingerprint density at radius 2 is 2.00 bits per heavy atom. The van der Waals surface area contributed by atoms with Crippen LogP contribution in [0.5, 0.6) is 0 Å². The van der Waals surface area contributed by atoms with Crippen molar-refractivity contribution in [2.24, 2.45) is 5.92 Å². The third-order valence-electron chi connectivity index (χ3n) is 3.59. The predicted octanol–water partition coefficient (Wildman–Crippen LogP) is 1.90. The van der Waals surface area contributed by atoms with Crippen molar-refractivity contribution in [2.75, 3.05) is 18.1 Å². The van der Waals surface area contributed by atoms with Gasteiger partial charge in [-0.3, -0.25) is 0 Å². The summed E-state index contributed by atoms with van der Waals surface area (Å²) in [7, 11) is 0. The lowest BCUT2D eigenvalue weighted by molar-refractivity contribution is 0.442. The van der Waals surface area contributed by atoms with Crippen molar-refractivity contribution < 1.29 is 0 Å². The van der Waals surface area contributed by atoms with Gasteiger partial charge in [0, 0.05) is 0 Å². The lowest BCUT2D eigenvalue weighted by Gasteiger charge is -2.21. The number of tetrazole rings is 1. The first-order valence-corrected chi connectivity index (χ1v) is 8.20. The van der Waals surface area contributed by atoms with Crippen molar-refractivity contribution in [3.63, 3.8) is 0 Å². The number of aromatic nitrogens is 4. The summed E-state index contributed by atoms with van der Waals surface area (Å²) < 4.78 is 1.80. The normalized spacial score (nSPS) is 16.4. The molecule has 2 aromatic rings. The Hall–Kier alpha value is -1.40. The summed E-state index contributed by atoms with van der Waals surface area (Å²) in [5.41, 5.74) is 1.00. The van der Waals surface area contributed by atoms with Crippen molar-refractivity contribution in [1.29, 1.82) is 0 Å². The molecule has 0 radical (unpaired) electrons. The third-order valence-corrected chi connectivity index (χ3v) is 4.64. The molecule has 1 aromatic heterocycles. The van der Waals surface area contributed by atoms with Crippen LogP contribution >= 0.6 is 11.8 Å². The number of nitrogens with zero attached hydrogens (tertiary/aromatic N) is 4. The molecule has 6 heteroatoms. The van der Waals surface area contributed by atoms with Crippen LogP contribution in [0.2, 0.25) is 0 Å². The molecule has 1 saturated heterocycles. The maximum Gasteiger partial charge on any atom is 0.170 e. The van der Waals surface area contributed by atoms with Gasteiger partial charge in [-0.2, -0.15) is 16.4 Å². The highest BCUT2D eigenvalue weighted by molar-refractivity contribution is 7.99. The second kappa shape index (κ2) is 6.85. The molecule has 20 heavy (non-hydrogen) atoms. The number of benzene rings is 1.